The third-order valence-electron chi connectivity index (χ3n) is 10.4. The summed E-state index contributed by atoms with van der Waals surface area (Å²) in [5.41, 5.74) is 1.97. The molecule has 4 aliphatic carbocycles. The normalized spacial score (nSPS) is 49.0. The Kier molecular flexibility index (Phi) is 4.85. The molecule has 1 heterocycles. The molecule has 9 atom stereocenters. The van der Waals surface area contributed by atoms with E-state index in [1.807, 2.05) is 0 Å². The van der Waals surface area contributed by atoms with E-state index in [2.05, 4.69) is 40.7 Å². The van der Waals surface area contributed by atoms with Gasteiger partial charge in [0.1, 0.15) is 6.10 Å². The summed E-state index contributed by atoms with van der Waals surface area (Å²) in [5, 5.41) is 0. The maximum atomic E-state index is 13.5. The van der Waals surface area contributed by atoms with Crippen molar-refractivity contribution in [1.29, 1.82) is 0 Å². The minimum atomic E-state index is 0.221. The zero-order chi connectivity index (χ0) is 20.6. The van der Waals surface area contributed by atoms with Gasteiger partial charge in [-0.25, -0.2) is 0 Å². The first-order valence-electron chi connectivity index (χ1n) is 12.7. The zero-order valence-corrected chi connectivity index (χ0v) is 19.4. The van der Waals surface area contributed by atoms with Crippen LogP contribution in [0.4, 0.5) is 0 Å². The molecule has 3 saturated carbocycles. The Bertz CT molecular complexity index is 707. The molecule has 2 heteroatoms. The highest BCUT2D eigenvalue weighted by Crippen LogP contribution is 2.68. The molecule has 29 heavy (non-hydrogen) atoms. The molecule has 4 fully saturated rings. The van der Waals surface area contributed by atoms with Crippen LogP contribution in [0.2, 0.25) is 0 Å². The summed E-state index contributed by atoms with van der Waals surface area (Å²) in [7, 11) is 0. The first-order valence-corrected chi connectivity index (χ1v) is 12.7. The van der Waals surface area contributed by atoms with Gasteiger partial charge in [0.2, 0.25) is 0 Å². The quantitative estimate of drug-likeness (QED) is 0.489. The Morgan fingerprint density at radius 2 is 1.83 bits per heavy atom. The van der Waals surface area contributed by atoms with E-state index in [0.29, 0.717) is 29.1 Å². The summed E-state index contributed by atoms with van der Waals surface area (Å²) in [6.07, 6.45) is 14.5. The SMILES string of the molecule is CC(C)CCC[C@@H](C)[C@H]1CC[C@H]2[C@@H]3C(=O)C=C4[C@@H]5O[C@@H]5CC[C@]4(C)[C@H]3CC[C@]12C. The molecule has 0 N–H and O–H groups in total. The first-order chi connectivity index (χ1) is 13.8. The average Bonchev–Trinajstić information content (AvgIpc) is 3.36. The molecule has 1 saturated heterocycles. The van der Waals surface area contributed by atoms with Crippen molar-refractivity contribution in [3.8, 4) is 0 Å². The molecule has 0 aromatic heterocycles. The molecule has 1 aliphatic heterocycles. The number of ether oxygens (including phenoxy) is 1. The topological polar surface area (TPSA) is 29.6 Å². The van der Waals surface area contributed by atoms with Crippen molar-refractivity contribution < 1.29 is 9.53 Å². The zero-order valence-electron chi connectivity index (χ0n) is 19.4. The Balaban J connectivity index is 1.37. The summed E-state index contributed by atoms with van der Waals surface area (Å²) < 4.78 is 5.93. The number of fused-ring (bicyclic) bond motifs is 7. The molecular weight excluding hydrogens is 356 g/mol. The van der Waals surface area contributed by atoms with E-state index in [-0.39, 0.29) is 17.4 Å². The maximum absolute atomic E-state index is 13.5. The van der Waals surface area contributed by atoms with Gasteiger partial charge in [-0.2, -0.15) is 0 Å². The molecule has 0 bridgehead atoms. The van der Waals surface area contributed by atoms with Crippen LogP contribution >= 0.6 is 0 Å². The first kappa shape index (κ1) is 20.3. The van der Waals surface area contributed by atoms with E-state index in [9.17, 15) is 4.79 Å². The summed E-state index contributed by atoms with van der Waals surface area (Å²) in [5.74, 6) is 4.35. The Labute approximate surface area is 178 Å². The van der Waals surface area contributed by atoms with E-state index in [1.165, 1.54) is 63.4 Å². The molecule has 0 radical (unpaired) electrons. The number of epoxide rings is 1. The molecule has 0 amide bonds. The van der Waals surface area contributed by atoms with Gasteiger partial charge in [-0.15, -0.1) is 0 Å². The van der Waals surface area contributed by atoms with Crippen LogP contribution < -0.4 is 0 Å². The number of carbonyl (C=O) groups is 1. The monoisotopic (exact) mass is 398 g/mol. The summed E-state index contributed by atoms with van der Waals surface area (Å²) in [6.45, 7) is 12.2. The second-order valence-electron chi connectivity index (χ2n) is 12.3. The fourth-order valence-corrected chi connectivity index (χ4v) is 8.72. The Hall–Kier alpha value is -0.630. The average molecular weight is 399 g/mol. The van der Waals surface area contributed by atoms with Crippen molar-refractivity contribution in [2.45, 2.75) is 105 Å². The fourth-order valence-electron chi connectivity index (χ4n) is 8.72. The van der Waals surface area contributed by atoms with Gasteiger partial charge in [0.25, 0.3) is 0 Å². The Morgan fingerprint density at radius 3 is 2.59 bits per heavy atom. The van der Waals surface area contributed by atoms with Crippen molar-refractivity contribution in [3.63, 3.8) is 0 Å². The van der Waals surface area contributed by atoms with Gasteiger partial charge in [-0.05, 0) is 90.6 Å². The standard InChI is InChI=1S/C27H42O2/c1-16(2)7-6-8-17(3)18-9-10-19-24-20(11-13-26(18,19)4)27(5)14-12-23-25(29-23)21(27)15-22(24)28/h15-20,23-25H,6-14H2,1-5H3/t17-,18-,19+,20+,23-,24+,25+,26-,27-/m1/s1. The number of hydrogen-bond acceptors (Lipinski definition) is 2. The molecule has 0 unspecified atom stereocenters. The minimum Gasteiger partial charge on any atom is -0.365 e. The van der Waals surface area contributed by atoms with Crippen LogP contribution in [0.3, 0.4) is 0 Å². The number of allylic oxidation sites excluding steroid dienone is 1. The van der Waals surface area contributed by atoms with Crippen LogP contribution in [0.15, 0.2) is 11.6 Å². The van der Waals surface area contributed by atoms with E-state index in [1.54, 1.807) is 0 Å². The lowest BCUT2D eigenvalue weighted by Crippen LogP contribution is -2.53. The maximum Gasteiger partial charge on any atom is 0.159 e. The fraction of sp³-hybridized carbons (Fsp3) is 0.889. The highest BCUT2D eigenvalue weighted by Gasteiger charge is 2.64. The third kappa shape index (κ3) is 3.02. The van der Waals surface area contributed by atoms with E-state index < -0.39 is 0 Å². The molecule has 162 valence electrons. The van der Waals surface area contributed by atoms with Crippen molar-refractivity contribution >= 4 is 5.78 Å². The van der Waals surface area contributed by atoms with Gasteiger partial charge in [-0.3, -0.25) is 4.79 Å². The van der Waals surface area contributed by atoms with Crippen LogP contribution in [0.1, 0.15) is 92.4 Å². The van der Waals surface area contributed by atoms with Gasteiger partial charge in [0, 0.05) is 5.92 Å². The second kappa shape index (κ2) is 6.94. The molecule has 2 nitrogen and oxygen atoms in total. The molecular formula is C27H42O2. The molecule has 0 aromatic carbocycles. The molecule has 0 aromatic rings. The largest absolute Gasteiger partial charge is 0.365 e. The molecule has 5 aliphatic rings. The van der Waals surface area contributed by atoms with Crippen molar-refractivity contribution in [2.75, 3.05) is 0 Å². The van der Waals surface area contributed by atoms with Gasteiger partial charge in [-0.1, -0.05) is 53.9 Å². The smallest absolute Gasteiger partial charge is 0.159 e. The highest BCUT2D eigenvalue weighted by atomic mass is 16.6. The van der Waals surface area contributed by atoms with Gasteiger partial charge in [0.05, 0.1) is 6.10 Å². The number of rotatable bonds is 5. The predicted octanol–water partition coefficient (Wildman–Crippen LogP) is 6.58. The predicted molar refractivity (Wildman–Crippen MR) is 117 cm³/mol. The third-order valence-corrected chi connectivity index (χ3v) is 10.4. The van der Waals surface area contributed by atoms with E-state index >= 15 is 0 Å². The molecule has 0 spiro atoms. The van der Waals surface area contributed by atoms with Crippen LogP contribution in [-0.2, 0) is 9.53 Å². The van der Waals surface area contributed by atoms with E-state index in [0.717, 1.165) is 17.8 Å². The minimum absolute atomic E-state index is 0.221. The van der Waals surface area contributed by atoms with Gasteiger partial charge >= 0.3 is 0 Å². The van der Waals surface area contributed by atoms with Crippen molar-refractivity contribution in [1.82, 2.24) is 0 Å². The van der Waals surface area contributed by atoms with Crippen LogP contribution in [0.25, 0.3) is 0 Å². The lowest BCUT2D eigenvalue weighted by atomic mass is 9.46. The Morgan fingerprint density at radius 1 is 1.03 bits per heavy atom. The highest BCUT2D eigenvalue weighted by molar-refractivity contribution is 5.95. The van der Waals surface area contributed by atoms with Gasteiger partial charge < -0.3 is 4.74 Å². The van der Waals surface area contributed by atoms with Crippen molar-refractivity contribution in [3.05, 3.63) is 11.6 Å². The second-order valence-corrected chi connectivity index (χ2v) is 12.3. The summed E-state index contributed by atoms with van der Waals surface area (Å²) in [4.78, 5) is 13.5. The lowest BCUT2D eigenvalue weighted by molar-refractivity contribution is -0.134. The van der Waals surface area contributed by atoms with Crippen molar-refractivity contribution in [2.24, 2.45) is 46.3 Å². The number of carbonyl (C=O) groups excluding carboxylic acids is 1. The molecule has 5 rings (SSSR count). The van der Waals surface area contributed by atoms with Crippen LogP contribution in [-0.4, -0.2) is 18.0 Å². The van der Waals surface area contributed by atoms with Crippen LogP contribution in [0.5, 0.6) is 0 Å². The van der Waals surface area contributed by atoms with Gasteiger partial charge in [0.15, 0.2) is 5.78 Å². The summed E-state index contributed by atoms with van der Waals surface area (Å²) >= 11 is 0. The lowest BCUT2D eigenvalue weighted by Gasteiger charge is -2.56. The number of ketones is 1. The van der Waals surface area contributed by atoms with E-state index in [4.69, 9.17) is 4.74 Å². The summed E-state index contributed by atoms with van der Waals surface area (Å²) in [6, 6.07) is 0. The van der Waals surface area contributed by atoms with Crippen LogP contribution in [0, 0.1) is 46.3 Å². The number of hydrogen-bond donors (Lipinski definition) is 0.